The molecule has 0 radical (unpaired) electrons. The molecule has 0 saturated carbocycles. The molecule has 1 amide bonds. The Kier molecular flexibility index (Phi) is 5.02. The van der Waals surface area contributed by atoms with E-state index in [0.717, 1.165) is 74.8 Å². The quantitative estimate of drug-likeness (QED) is 0.920. The summed E-state index contributed by atoms with van der Waals surface area (Å²) in [6, 6.07) is 7.92. The second kappa shape index (κ2) is 7.58. The van der Waals surface area contributed by atoms with Crippen LogP contribution in [0.5, 0.6) is 0 Å². The van der Waals surface area contributed by atoms with Crippen molar-refractivity contribution in [2.75, 3.05) is 18.5 Å². The molecule has 1 atom stereocenters. The van der Waals surface area contributed by atoms with E-state index in [9.17, 15) is 4.79 Å². The van der Waals surface area contributed by atoms with Crippen LogP contribution in [0.15, 0.2) is 24.3 Å². The van der Waals surface area contributed by atoms with Crippen LogP contribution in [-0.2, 0) is 22.5 Å². The minimum Gasteiger partial charge on any atom is -0.381 e. The first kappa shape index (κ1) is 17.2. The van der Waals surface area contributed by atoms with Crippen molar-refractivity contribution in [2.45, 2.75) is 51.5 Å². The van der Waals surface area contributed by atoms with Crippen molar-refractivity contribution in [1.29, 1.82) is 0 Å². The fourth-order valence-corrected chi connectivity index (χ4v) is 3.98. The molecule has 2 aromatic rings. The number of hydrogen-bond acceptors (Lipinski definition) is 4. The Morgan fingerprint density at radius 1 is 1.15 bits per heavy atom. The van der Waals surface area contributed by atoms with Crippen LogP contribution in [0.1, 0.15) is 48.8 Å². The van der Waals surface area contributed by atoms with E-state index in [-0.39, 0.29) is 11.8 Å². The van der Waals surface area contributed by atoms with Crippen molar-refractivity contribution in [3.63, 3.8) is 0 Å². The highest BCUT2D eigenvalue weighted by molar-refractivity contribution is 5.93. The molecule has 0 spiro atoms. The minimum atomic E-state index is 0.0128. The fraction of sp³-hybridized carbons (Fsp3) is 0.550. The predicted octanol–water partition coefficient (Wildman–Crippen LogP) is 3.07. The lowest BCUT2D eigenvalue weighted by Gasteiger charge is -2.22. The van der Waals surface area contributed by atoms with Gasteiger partial charge in [0.1, 0.15) is 11.6 Å². The van der Waals surface area contributed by atoms with E-state index < -0.39 is 0 Å². The second-order valence-corrected chi connectivity index (χ2v) is 7.34. The van der Waals surface area contributed by atoms with Gasteiger partial charge in [0, 0.05) is 43.7 Å². The summed E-state index contributed by atoms with van der Waals surface area (Å²) in [4.78, 5) is 12.8. The Hall–Kier alpha value is -2.21. The molecule has 1 aromatic heterocycles. The molecule has 3 heterocycles. The first-order chi connectivity index (χ1) is 12.7. The molecule has 2 aliphatic heterocycles. The van der Waals surface area contributed by atoms with E-state index in [1.165, 1.54) is 0 Å². The number of carbonyl (C=O) groups excluding carboxylic acids is 1. The number of rotatable bonds is 3. The Labute approximate surface area is 154 Å². The van der Waals surface area contributed by atoms with Gasteiger partial charge in [-0.05, 0) is 44.2 Å². The predicted molar refractivity (Wildman–Crippen MR) is 99.1 cm³/mol. The molecule has 2 aliphatic rings. The van der Waals surface area contributed by atoms with Crippen LogP contribution in [0.2, 0.25) is 0 Å². The number of amides is 1. The maximum atomic E-state index is 12.8. The summed E-state index contributed by atoms with van der Waals surface area (Å²) in [5.74, 6) is 2.67. The minimum absolute atomic E-state index is 0.0128. The van der Waals surface area contributed by atoms with Crippen molar-refractivity contribution in [1.82, 2.24) is 14.8 Å². The molecule has 26 heavy (non-hydrogen) atoms. The maximum Gasteiger partial charge on any atom is 0.227 e. The number of para-hydroxylation sites is 1. The summed E-state index contributed by atoms with van der Waals surface area (Å²) >= 11 is 0. The number of fused-ring (bicyclic) bond motifs is 1. The first-order valence-corrected chi connectivity index (χ1v) is 9.58. The lowest BCUT2D eigenvalue weighted by Crippen LogP contribution is -2.24. The highest BCUT2D eigenvalue weighted by Gasteiger charge is 2.28. The normalized spacial score (nSPS) is 21.0. The number of hydrogen-bond donors (Lipinski definition) is 1. The van der Waals surface area contributed by atoms with Crippen LogP contribution >= 0.6 is 0 Å². The average molecular weight is 354 g/mol. The molecule has 6 nitrogen and oxygen atoms in total. The molecule has 0 bridgehead atoms. The second-order valence-electron chi connectivity index (χ2n) is 7.34. The SMILES string of the molecule is Cc1ccccc1NC(=O)C1CCc2nnc(C3CCOCC3)n2CC1. The molecule has 1 unspecified atom stereocenters. The molecule has 1 aromatic carbocycles. The van der Waals surface area contributed by atoms with Crippen molar-refractivity contribution in [3.05, 3.63) is 41.5 Å². The average Bonchev–Trinajstić information content (AvgIpc) is 2.95. The van der Waals surface area contributed by atoms with Crippen LogP contribution in [0, 0.1) is 12.8 Å². The number of ether oxygens (including phenoxy) is 1. The highest BCUT2D eigenvalue weighted by atomic mass is 16.5. The molecule has 1 fully saturated rings. The van der Waals surface area contributed by atoms with E-state index >= 15 is 0 Å². The molecular weight excluding hydrogens is 328 g/mol. The molecule has 6 heteroatoms. The summed E-state index contributed by atoms with van der Waals surface area (Å²) in [5.41, 5.74) is 2.00. The molecular formula is C20H26N4O2. The zero-order valence-electron chi connectivity index (χ0n) is 15.3. The van der Waals surface area contributed by atoms with Crippen LogP contribution in [0.25, 0.3) is 0 Å². The van der Waals surface area contributed by atoms with Crippen LogP contribution < -0.4 is 5.32 Å². The third-order valence-electron chi connectivity index (χ3n) is 5.63. The molecule has 0 aliphatic carbocycles. The van der Waals surface area contributed by atoms with Crippen LogP contribution in [-0.4, -0.2) is 33.9 Å². The zero-order valence-corrected chi connectivity index (χ0v) is 15.3. The number of carbonyl (C=O) groups is 1. The summed E-state index contributed by atoms with van der Waals surface area (Å²) < 4.78 is 7.73. The van der Waals surface area contributed by atoms with E-state index in [2.05, 4.69) is 20.1 Å². The number of nitrogens with zero attached hydrogens (tertiary/aromatic N) is 3. The van der Waals surface area contributed by atoms with Gasteiger partial charge in [-0.25, -0.2) is 0 Å². The van der Waals surface area contributed by atoms with Crippen molar-refractivity contribution in [2.24, 2.45) is 5.92 Å². The summed E-state index contributed by atoms with van der Waals surface area (Å²) in [7, 11) is 0. The number of aryl methyl sites for hydroxylation is 2. The van der Waals surface area contributed by atoms with Gasteiger partial charge >= 0.3 is 0 Å². The zero-order chi connectivity index (χ0) is 17.9. The van der Waals surface area contributed by atoms with Crippen molar-refractivity contribution < 1.29 is 9.53 Å². The van der Waals surface area contributed by atoms with E-state index in [0.29, 0.717) is 5.92 Å². The topological polar surface area (TPSA) is 69.0 Å². The van der Waals surface area contributed by atoms with Gasteiger partial charge in [-0.3, -0.25) is 4.79 Å². The van der Waals surface area contributed by atoms with Crippen molar-refractivity contribution in [3.8, 4) is 0 Å². The van der Waals surface area contributed by atoms with Gasteiger partial charge in [-0.1, -0.05) is 18.2 Å². The molecule has 4 rings (SSSR count). The van der Waals surface area contributed by atoms with E-state index in [4.69, 9.17) is 4.74 Å². The van der Waals surface area contributed by atoms with Gasteiger partial charge in [0.2, 0.25) is 5.91 Å². The summed E-state index contributed by atoms with van der Waals surface area (Å²) in [5, 5.41) is 12.0. The Bertz CT molecular complexity index is 780. The smallest absolute Gasteiger partial charge is 0.227 e. The monoisotopic (exact) mass is 354 g/mol. The summed E-state index contributed by atoms with van der Waals surface area (Å²) in [6.07, 6.45) is 4.48. The van der Waals surface area contributed by atoms with E-state index in [1.807, 2.05) is 31.2 Å². The van der Waals surface area contributed by atoms with Gasteiger partial charge in [0.05, 0.1) is 0 Å². The van der Waals surface area contributed by atoms with Gasteiger partial charge in [-0.15, -0.1) is 10.2 Å². The lowest BCUT2D eigenvalue weighted by atomic mass is 9.98. The first-order valence-electron chi connectivity index (χ1n) is 9.58. The Morgan fingerprint density at radius 3 is 2.77 bits per heavy atom. The Morgan fingerprint density at radius 2 is 1.96 bits per heavy atom. The van der Waals surface area contributed by atoms with E-state index in [1.54, 1.807) is 0 Å². The Balaban J connectivity index is 1.44. The van der Waals surface area contributed by atoms with Gasteiger partial charge in [0.25, 0.3) is 0 Å². The summed E-state index contributed by atoms with van der Waals surface area (Å²) in [6.45, 7) is 4.44. The molecule has 1 saturated heterocycles. The maximum absolute atomic E-state index is 12.8. The largest absolute Gasteiger partial charge is 0.381 e. The molecule has 138 valence electrons. The standard InChI is InChI=1S/C20H26N4O2/c1-14-4-2-3-5-17(14)21-20(25)16-6-7-18-22-23-19(24(18)11-8-16)15-9-12-26-13-10-15/h2-5,15-16H,6-13H2,1H3,(H,21,25). The van der Waals surface area contributed by atoms with Crippen LogP contribution in [0.4, 0.5) is 5.69 Å². The molecule has 1 N–H and O–H groups in total. The third-order valence-corrected chi connectivity index (χ3v) is 5.63. The lowest BCUT2D eigenvalue weighted by molar-refractivity contribution is -0.120. The third kappa shape index (κ3) is 3.51. The van der Waals surface area contributed by atoms with Crippen LogP contribution in [0.3, 0.4) is 0 Å². The highest BCUT2D eigenvalue weighted by Crippen LogP contribution is 2.29. The van der Waals surface area contributed by atoms with Gasteiger partial charge in [0.15, 0.2) is 0 Å². The van der Waals surface area contributed by atoms with Gasteiger partial charge < -0.3 is 14.6 Å². The number of nitrogens with one attached hydrogen (secondary N) is 1. The number of benzene rings is 1. The number of aromatic nitrogens is 3. The number of anilines is 1. The fourth-order valence-electron chi connectivity index (χ4n) is 3.98. The van der Waals surface area contributed by atoms with Gasteiger partial charge in [-0.2, -0.15) is 0 Å². The van der Waals surface area contributed by atoms with Crippen molar-refractivity contribution >= 4 is 11.6 Å².